The molecular formula is C13H15N3OS. The highest BCUT2D eigenvalue weighted by atomic mass is 32.1. The molecule has 0 saturated heterocycles. The number of hydrogen-bond acceptors (Lipinski definition) is 3. The number of aromatic nitrogens is 1. The Morgan fingerprint density at radius 3 is 2.28 bits per heavy atom. The van der Waals surface area contributed by atoms with Crippen LogP contribution in [0.4, 0.5) is 15.5 Å². The quantitative estimate of drug-likeness (QED) is 0.865. The van der Waals surface area contributed by atoms with Gasteiger partial charge in [-0.15, -0.1) is 0 Å². The molecule has 0 unspecified atom stereocenters. The van der Waals surface area contributed by atoms with Crippen molar-refractivity contribution in [2.24, 2.45) is 0 Å². The molecule has 0 bridgehead atoms. The molecule has 0 aliphatic carbocycles. The highest BCUT2D eigenvalue weighted by molar-refractivity contribution is 7.10. The van der Waals surface area contributed by atoms with Crippen molar-refractivity contribution < 1.29 is 4.79 Å². The van der Waals surface area contributed by atoms with Crippen molar-refractivity contribution in [1.29, 1.82) is 0 Å². The first-order valence-corrected chi connectivity index (χ1v) is 6.40. The maximum atomic E-state index is 11.8. The zero-order valence-corrected chi connectivity index (χ0v) is 11.4. The van der Waals surface area contributed by atoms with Gasteiger partial charge in [0, 0.05) is 5.69 Å². The average molecular weight is 261 g/mol. The zero-order chi connectivity index (χ0) is 13.1. The van der Waals surface area contributed by atoms with E-state index in [4.69, 9.17) is 0 Å². The molecule has 4 nitrogen and oxygen atoms in total. The number of nitrogens with one attached hydrogen (secondary N) is 2. The van der Waals surface area contributed by atoms with E-state index in [9.17, 15) is 4.79 Å². The first kappa shape index (κ1) is 12.6. The highest BCUT2D eigenvalue weighted by Gasteiger charge is 2.05. The summed E-state index contributed by atoms with van der Waals surface area (Å²) >= 11 is 1.27. The molecule has 1 heterocycles. The van der Waals surface area contributed by atoms with Gasteiger partial charge in [0.05, 0.1) is 5.69 Å². The molecule has 1 aromatic heterocycles. The summed E-state index contributed by atoms with van der Waals surface area (Å²) in [4.78, 5) is 11.8. The van der Waals surface area contributed by atoms with E-state index >= 15 is 0 Å². The van der Waals surface area contributed by atoms with Crippen LogP contribution in [0.1, 0.15) is 16.8 Å². The predicted molar refractivity (Wildman–Crippen MR) is 75.4 cm³/mol. The summed E-state index contributed by atoms with van der Waals surface area (Å²) in [5.74, 6) is 0. The van der Waals surface area contributed by atoms with E-state index in [1.165, 1.54) is 11.5 Å². The SMILES string of the molecule is Cc1cc(C)cc(NC(=O)Nc2cc(C)ns2)c1. The Morgan fingerprint density at radius 2 is 1.72 bits per heavy atom. The first-order chi connectivity index (χ1) is 8.52. The molecule has 1 aromatic carbocycles. The third-order valence-corrected chi connectivity index (χ3v) is 3.14. The Balaban J connectivity index is 2.02. The second kappa shape index (κ2) is 5.18. The predicted octanol–water partition coefficient (Wildman–Crippen LogP) is 3.71. The van der Waals surface area contributed by atoms with E-state index < -0.39 is 0 Å². The summed E-state index contributed by atoms with van der Waals surface area (Å²) in [5, 5.41) is 6.31. The van der Waals surface area contributed by atoms with Crippen LogP contribution in [-0.2, 0) is 0 Å². The number of amides is 2. The minimum Gasteiger partial charge on any atom is -0.308 e. The third-order valence-electron chi connectivity index (χ3n) is 2.34. The van der Waals surface area contributed by atoms with Gasteiger partial charge in [0.2, 0.25) is 0 Å². The van der Waals surface area contributed by atoms with Crippen molar-refractivity contribution in [3.63, 3.8) is 0 Å². The maximum Gasteiger partial charge on any atom is 0.324 e. The van der Waals surface area contributed by atoms with E-state index in [0.29, 0.717) is 0 Å². The van der Waals surface area contributed by atoms with E-state index in [-0.39, 0.29) is 6.03 Å². The summed E-state index contributed by atoms with van der Waals surface area (Å²) in [7, 11) is 0. The van der Waals surface area contributed by atoms with Crippen LogP contribution in [0, 0.1) is 20.8 Å². The van der Waals surface area contributed by atoms with Crippen molar-refractivity contribution >= 4 is 28.3 Å². The van der Waals surface area contributed by atoms with Crippen LogP contribution >= 0.6 is 11.5 Å². The molecule has 2 rings (SSSR count). The van der Waals surface area contributed by atoms with Crippen LogP contribution in [0.2, 0.25) is 0 Å². The van der Waals surface area contributed by atoms with Crippen molar-refractivity contribution in [3.8, 4) is 0 Å². The second-order valence-electron chi connectivity index (χ2n) is 4.29. The number of aryl methyl sites for hydroxylation is 3. The normalized spacial score (nSPS) is 10.2. The number of carbonyl (C=O) groups is 1. The topological polar surface area (TPSA) is 54.0 Å². The summed E-state index contributed by atoms with van der Waals surface area (Å²) < 4.78 is 4.10. The molecule has 2 amide bonds. The first-order valence-electron chi connectivity index (χ1n) is 5.62. The molecule has 0 spiro atoms. The summed E-state index contributed by atoms with van der Waals surface area (Å²) in [6.07, 6.45) is 0. The molecule has 5 heteroatoms. The van der Waals surface area contributed by atoms with Gasteiger partial charge in [-0.25, -0.2) is 4.79 Å². The van der Waals surface area contributed by atoms with Crippen molar-refractivity contribution in [3.05, 3.63) is 41.1 Å². The Hall–Kier alpha value is -1.88. The second-order valence-corrected chi connectivity index (χ2v) is 5.09. The van der Waals surface area contributed by atoms with E-state index in [1.807, 2.05) is 39.0 Å². The lowest BCUT2D eigenvalue weighted by atomic mass is 10.1. The zero-order valence-electron chi connectivity index (χ0n) is 10.6. The van der Waals surface area contributed by atoms with Crippen LogP contribution in [0.25, 0.3) is 0 Å². The van der Waals surface area contributed by atoms with Gasteiger partial charge in [-0.1, -0.05) is 6.07 Å². The van der Waals surface area contributed by atoms with Gasteiger partial charge >= 0.3 is 6.03 Å². The fourth-order valence-corrected chi connectivity index (χ4v) is 2.40. The third kappa shape index (κ3) is 3.30. The van der Waals surface area contributed by atoms with Crippen molar-refractivity contribution in [2.45, 2.75) is 20.8 Å². The summed E-state index contributed by atoms with van der Waals surface area (Å²) in [6, 6.07) is 7.53. The molecule has 2 aromatic rings. The lowest BCUT2D eigenvalue weighted by Gasteiger charge is -2.07. The Labute approximate surface area is 110 Å². The van der Waals surface area contributed by atoms with Gasteiger partial charge in [0.25, 0.3) is 0 Å². The summed E-state index contributed by atoms with van der Waals surface area (Å²) in [6.45, 7) is 5.90. The molecule has 0 aliphatic heterocycles. The number of hydrogen-bond donors (Lipinski definition) is 2. The van der Waals surface area contributed by atoms with Gasteiger partial charge in [-0.2, -0.15) is 4.37 Å². The van der Waals surface area contributed by atoms with Gasteiger partial charge in [0.1, 0.15) is 5.00 Å². The van der Waals surface area contributed by atoms with E-state index in [1.54, 1.807) is 0 Å². The number of nitrogens with zero attached hydrogens (tertiary/aromatic N) is 1. The number of rotatable bonds is 2. The fraction of sp³-hybridized carbons (Fsp3) is 0.231. The standard InChI is InChI=1S/C13H15N3OS/c1-8-4-9(2)6-11(5-8)14-13(17)15-12-7-10(3)16-18-12/h4-7H,1-3H3,(H2,14,15,17). The molecule has 0 saturated carbocycles. The van der Waals surface area contributed by atoms with Gasteiger partial charge in [0.15, 0.2) is 0 Å². The summed E-state index contributed by atoms with van der Waals surface area (Å²) in [5.41, 5.74) is 3.95. The van der Waals surface area contributed by atoms with Crippen LogP contribution < -0.4 is 10.6 Å². The average Bonchev–Trinajstić information content (AvgIpc) is 2.61. The Kier molecular flexibility index (Phi) is 3.62. The van der Waals surface area contributed by atoms with Gasteiger partial charge in [-0.05, 0) is 61.6 Å². The van der Waals surface area contributed by atoms with E-state index in [2.05, 4.69) is 21.1 Å². The Bertz CT molecular complexity index is 557. The van der Waals surface area contributed by atoms with Crippen LogP contribution in [-0.4, -0.2) is 10.4 Å². The van der Waals surface area contributed by atoms with Crippen molar-refractivity contribution in [2.75, 3.05) is 10.6 Å². The lowest BCUT2D eigenvalue weighted by molar-refractivity contribution is 0.262. The minimum absolute atomic E-state index is 0.247. The van der Waals surface area contributed by atoms with Crippen LogP contribution in [0.3, 0.4) is 0 Å². The monoisotopic (exact) mass is 261 g/mol. The molecular weight excluding hydrogens is 246 g/mol. The number of anilines is 2. The van der Waals surface area contributed by atoms with Crippen LogP contribution in [0.5, 0.6) is 0 Å². The van der Waals surface area contributed by atoms with Gasteiger partial charge < -0.3 is 5.32 Å². The molecule has 2 N–H and O–H groups in total. The molecule has 0 aliphatic rings. The van der Waals surface area contributed by atoms with Crippen LogP contribution in [0.15, 0.2) is 24.3 Å². The molecule has 18 heavy (non-hydrogen) atoms. The lowest BCUT2D eigenvalue weighted by Crippen LogP contribution is -2.18. The number of benzene rings is 1. The number of urea groups is 1. The fourth-order valence-electron chi connectivity index (χ4n) is 1.74. The van der Waals surface area contributed by atoms with Gasteiger partial charge in [-0.3, -0.25) is 5.32 Å². The number of carbonyl (C=O) groups excluding carboxylic acids is 1. The highest BCUT2D eigenvalue weighted by Crippen LogP contribution is 2.17. The largest absolute Gasteiger partial charge is 0.324 e. The molecule has 0 radical (unpaired) electrons. The Morgan fingerprint density at radius 1 is 1.06 bits per heavy atom. The molecule has 94 valence electrons. The minimum atomic E-state index is -0.247. The maximum absolute atomic E-state index is 11.8. The van der Waals surface area contributed by atoms with Crippen molar-refractivity contribution in [1.82, 2.24) is 4.37 Å². The molecule has 0 fully saturated rings. The smallest absolute Gasteiger partial charge is 0.308 e. The van der Waals surface area contributed by atoms with E-state index in [0.717, 1.165) is 27.5 Å². The molecule has 0 atom stereocenters.